The minimum Gasteiger partial charge on any atom is -0.206 e. The third-order valence-corrected chi connectivity index (χ3v) is 12.5. The van der Waals surface area contributed by atoms with Crippen LogP contribution in [0.25, 0.3) is 11.1 Å². The standard InChI is InChI=1S/C31H45FSi/c1-3-5-6-7-24-8-10-26(11-9-24)29-16-17-30(31(32)23-29)28-14-12-25(13-15-28)27-18-21-33(20-4-2)22-19-27/h12-17,23-24,26-27,33H,3-11,18-22H2,1-2H3/t24-,26-,27?,33?. The smallest absolute Gasteiger partial charge is 0.131 e. The molecule has 2 aliphatic rings. The quantitative estimate of drug-likeness (QED) is 0.256. The Hall–Kier alpha value is -1.41. The Morgan fingerprint density at radius 2 is 1.42 bits per heavy atom. The molecule has 2 aromatic carbocycles. The van der Waals surface area contributed by atoms with Crippen molar-refractivity contribution in [2.75, 3.05) is 0 Å². The molecule has 0 radical (unpaired) electrons. The number of halogens is 1. The van der Waals surface area contributed by atoms with Crippen molar-refractivity contribution in [2.24, 2.45) is 5.92 Å². The summed E-state index contributed by atoms with van der Waals surface area (Å²) in [6, 6.07) is 19.5. The molecule has 0 spiro atoms. The van der Waals surface area contributed by atoms with Crippen molar-refractivity contribution in [2.45, 2.75) is 114 Å². The normalized spacial score (nSPS) is 25.8. The van der Waals surface area contributed by atoms with Crippen LogP contribution in [0.5, 0.6) is 0 Å². The third kappa shape index (κ3) is 6.59. The summed E-state index contributed by atoms with van der Waals surface area (Å²) in [5.74, 6) is 2.13. The molecule has 1 aliphatic carbocycles. The predicted octanol–water partition coefficient (Wildman–Crippen LogP) is 9.86. The average molecular weight is 465 g/mol. The van der Waals surface area contributed by atoms with Crippen LogP contribution in [-0.4, -0.2) is 8.80 Å². The van der Waals surface area contributed by atoms with E-state index in [4.69, 9.17) is 0 Å². The van der Waals surface area contributed by atoms with Gasteiger partial charge < -0.3 is 0 Å². The van der Waals surface area contributed by atoms with Gasteiger partial charge in [0.2, 0.25) is 0 Å². The fraction of sp³-hybridized carbons (Fsp3) is 0.613. The Morgan fingerprint density at radius 3 is 2.06 bits per heavy atom. The minimum atomic E-state index is -0.432. The van der Waals surface area contributed by atoms with E-state index in [1.54, 1.807) is 0 Å². The molecular weight excluding hydrogens is 419 g/mol. The molecule has 1 aliphatic heterocycles. The van der Waals surface area contributed by atoms with Crippen LogP contribution in [0.15, 0.2) is 42.5 Å². The molecule has 0 N–H and O–H groups in total. The molecule has 2 aromatic rings. The maximum atomic E-state index is 15.1. The summed E-state index contributed by atoms with van der Waals surface area (Å²) in [7, 11) is -0.432. The summed E-state index contributed by atoms with van der Waals surface area (Å²) < 4.78 is 15.1. The second kappa shape index (κ2) is 12.3. The van der Waals surface area contributed by atoms with E-state index < -0.39 is 8.80 Å². The van der Waals surface area contributed by atoms with Crippen molar-refractivity contribution in [1.29, 1.82) is 0 Å². The second-order valence-electron chi connectivity index (χ2n) is 11.1. The fourth-order valence-corrected chi connectivity index (χ4v) is 10.0. The average Bonchev–Trinajstić information content (AvgIpc) is 2.85. The van der Waals surface area contributed by atoms with Gasteiger partial charge in [0.1, 0.15) is 5.82 Å². The molecule has 180 valence electrons. The molecule has 2 fully saturated rings. The molecule has 33 heavy (non-hydrogen) atoms. The van der Waals surface area contributed by atoms with Crippen LogP contribution < -0.4 is 0 Å². The first kappa shape index (κ1) is 24.7. The van der Waals surface area contributed by atoms with Crippen LogP contribution in [0.3, 0.4) is 0 Å². The minimum absolute atomic E-state index is 0.0450. The number of benzene rings is 2. The molecule has 0 nitrogen and oxygen atoms in total. The van der Waals surface area contributed by atoms with Gasteiger partial charge in [0.15, 0.2) is 0 Å². The summed E-state index contributed by atoms with van der Waals surface area (Å²) in [4.78, 5) is 0. The van der Waals surface area contributed by atoms with Gasteiger partial charge in [-0.1, -0.05) is 100 Å². The molecule has 0 atom stereocenters. The monoisotopic (exact) mass is 464 g/mol. The van der Waals surface area contributed by atoms with E-state index in [0.717, 1.165) is 23.0 Å². The van der Waals surface area contributed by atoms with Gasteiger partial charge in [-0.05, 0) is 79.0 Å². The number of hydrogen-bond acceptors (Lipinski definition) is 0. The van der Waals surface area contributed by atoms with E-state index in [-0.39, 0.29) is 5.82 Å². The van der Waals surface area contributed by atoms with Gasteiger partial charge in [-0.15, -0.1) is 0 Å². The molecule has 1 saturated heterocycles. The number of rotatable bonds is 9. The highest BCUT2D eigenvalue weighted by atomic mass is 28.3. The van der Waals surface area contributed by atoms with Gasteiger partial charge in [-0.25, -0.2) is 4.39 Å². The Labute approximate surface area is 204 Å². The van der Waals surface area contributed by atoms with E-state index >= 15 is 4.39 Å². The first-order valence-corrected chi connectivity index (χ1v) is 16.5. The maximum Gasteiger partial charge on any atom is 0.131 e. The van der Waals surface area contributed by atoms with Gasteiger partial charge >= 0.3 is 0 Å². The number of unbranched alkanes of at least 4 members (excludes halogenated alkanes) is 2. The van der Waals surface area contributed by atoms with Crippen LogP contribution in [0.4, 0.5) is 4.39 Å². The van der Waals surface area contributed by atoms with Gasteiger partial charge in [0.05, 0.1) is 0 Å². The van der Waals surface area contributed by atoms with Gasteiger partial charge in [0.25, 0.3) is 0 Å². The van der Waals surface area contributed by atoms with E-state index in [9.17, 15) is 0 Å². The fourth-order valence-electron chi connectivity index (χ4n) is 6.61. The SMILES string of the molecule is CCCCC[C@H]1CC[C@H](c2ccc(-c3ccc(C4CC[SiH](CCC)CC4)cc3)c(F)c2)CC1. The highest BCUT2D eigenvalue weighted by molar-refractivity contribution is 6.59. The summed E-state index contributed by atoms with van der Waals surface area (Å²) in [6.07, 6.45) is 14.7. The first-order chi connectivity index (χ1) is 16.2. The predicted molar refractivity (Wildman–Crippen MR) is 145 cm³/mol. The molecule has 0 unspecified atom stereocenters. The van der Waals surface area contributed by atoms with Crippen molar-refractivity contribution in [1.82, 2.24) is 0 Å². The topological polar surface area (TPSA) is 0 Å². The lowest BCUT2D eigenvalue weighted by molar-refractivity contribution is 0.302. The van der Waals surface area contributed by atoms with E-state index in [0.29, 0.717) is 5.92 Å². The van der Waals surface area contributed by atoms with Gasteiger partial charge in [-0.3, -0.25) is 0 Å². The van der Waals surface area contributed by atoms with Crippen molar-refractivity contribution < 1.29 is 4.39 Å². The van der Waals surface area contributed by atoms with Crippen LogP contribution in [0.2, 0.25) is 18.1 Å². The lowest BCUT2D eigenvalue weighted by Crippen LogP contribution is -2.19. The van der Waals surface area contributed by atoms with Crippen LogP contribution >= 0.6 is 0 Å². The highest BCUT2D eigenvalue weighted by Gasteiger charge is 2.24. The molecule has 0 bridgehead atoms. The van der Waals surface area contributed by atoms with E-state index in [2.05, 4.69) is 44.2 Å². The lowest BCUT2D eigenvalue weighted by Gasteiger charge is -2.29. The molecule has 4 rings (SSSR count). The van der Waals surface area contributed by atoms with Crippen LogP contribution in [0.1, 0.15) is 107 Å². The highest BCUT2D eigenvalue weighted by Crippen LogP contribution is 2.39. The van der Waals surface area contributed by atoms with Gasteiger partial charge in [0, 0.05) is 14.4 Å². The van der Waals surface area contributed by atoms with Gasteiger partial charge in [-0.2, -0.15) is 0 Å². The first-order valence-electron chi connectivity index (χ1n) is 14.1. The Balaban J connectivity index is 1.34. The molecular formula is C31H45FSi. The zero-order valence-corrected chi connectivity index (χ0v) is 22.3. The van der Waals surface area contributed by atoms with Crippen molar-refractivity contribution in [3.8, 4) is 11.1 Å². The summed E-state index contributed by atoms with van der Waals surface area (Å²) in [6.45, 7) is 4.62. The lowest BCUT2D eigenvalue weighted by atomic mass is 9.77. The second-order valence-corrected chi connectivity index (χ2v) is 14.5. The van der Waals surface area contributed by atoms with Crippen molar-refractivity contribution in [3.63, 3.8) is 0 Å². The Kier molecular flexibility index (Phi) is 9.24. The summed E-state index contributed by atoms with van der Waals surface area (Å²) in [5.41, 5.74) is 4.47. The Bertz CT molecular complexity index is 842. The molecule has 1 saturated carbocycles. The van der Waals surface area contributed by atoms with E-state index in [1.165, 1.54) is 99.9 Å². The molecule has 0 aromatic heterocycles. The third-order valence-electron chi connectivity index (χ3n) is 8.76. The van der Waals surface area contributed by atoms with Crippen molar-refractivity contribution in [3.05, 3.63) is 59.4 Å². The number of hydrogen-bond donors (Lipinski definition) is 0. The zero-order chi connectivity index (χ0) is 23.0. The zero-order valence-electron chi connectivity index (χ0n) is 21.1. The van der Waals surface area contributed by atoms with Crippen LogP contribution in [-0.2, 0) is 0 Å². The maximum absolute atomic E-state index is 15.1. The Morgan fingerprint density at radius 1 is 0.758 bits per heavy atom. The largest absolute Gasteiger partial charge is 0.206 e. The van der Waals surface area contributed by atoms with E-state index in [1.807, 2.05) is 12.1 Å². The summed E-state index contributed by atoms with van der Waals surface area (Å²) >= 11 is 0. The summed E-state index contributed by atoms with van der Waals surface area (Å²) in [5, 5.41) is 0. The van der Waals surface area contributed by atoms with Crippen LogP contribution in [0, 0.1) is 11.7 Å². The molecule has 2 heteroatoms. The van der Waals surface area contributed by atoms with Crippen molar-refractivity contribution >= 4 is 8.80 Å². The molecule has 0 amide bonds. The molecule has 1 heterocycles.